The van der Waals surface area contributed by atoms with Gasteiger partial charge in [-0.15, -0.1) is 0 Å². The molecular weight excluding hydrogens is 389 g/mol. The van der Waals surface area contributed by atoms with Gasteiger partial charge in [-0.3, -0.25) is 4.90 Å². The van der Waals surface area contributed by atoms with Gasteiger partial charge in [-0.1, -0.05) is 15.9 Å². The highest BCUT2D eigenvalue weighted by atomic mass is 79.9. The molecule has 25 heavy (non-hydrogen) atoms. The van der Waals surface area contributed by atoms with Crippen LogP contribution in [0.25, 0.3) is 0 Å². The minimum atomic E-state index is -0.495. The monoisotopic (exact) mass is 409 g/mol. The lowest BCUT2D eigenvalue weighted by Crippen LogP contribution is -2.39. The Morgan fingerprint density at radius 1 is 1.16 bits per heavy atom. The number of nitrogens with one attached hydrogen (secondary N) is 1. The normalized spacial score (nSPS) is 10.6. The summed E-state index contributed by atoms with van der Waals surface area (Å²) in [6.07, 6.45) is 0. The van der Waals surface area contributed by atoms with Gasteiger partial charge in [-0.25, -0.2) is 9.18 Å². The van der Waals surface area contributed by atoms with Crippen molar-refractivity contribution in [3.63, 3.8) is 0 Å². The molecule has 0 heterocycles. The molecule has 134 valence electrons. The number of rotatable bonds is 6. The van der Waals surface area contributed by atoms with Crippen LogP contribution in [0.4, 0.5) is 20.6 Å². The van der Waals surface area contributed by atoms with E-state index in [-0.39, 0.29) is 5.69 Å². The first-order valence-corrected chi connectivity index (χ1v) is 8.52. The molecule has 0 radical (unpaired) electrons. The predicted octanol–water partition coefficient (Wildman–Crippen LogP) is 4.20. The number of hydrogen-bond acceptors (Lipinski definition) is 3. The van der Waals surface area contributed by atoms with Crippen molar-refractivity contribution in [1.82, 2.24) is 4.90 Å². The maximum Gasteiger partial charge on any atom is 0.326 e. The summed E-state index contributed by atoms with van der Waals surface area (Å²) in [4.78, 5) is 16.3. The number of nitrogens with zero attached hydrogens (tertiary/aromatic N) is 2. The molecule has 0 fully saturated rings. The van der Waals surface area contributed by atoms with Gasteiger partial charge in [-0.05, 0) is 56.6 Å². The van der Waals surface area contributed by atoms with E-state index in [9.17, 15) is 9.18 Å². The van der Waals surface area contributed by atoms with E-state index in [0.29, 0.717) is 29.0 Å². The molecule has 0 unspecified atom stereocenters. The van der Waals surface area contributed by atoms with E-state index in [1.807, 2.05) is 19.0 Å². The molecule has 0 aromatic heterocycles. The fourth-order valence-electron chi connectivity index (χ4n) is 2.18. The number of hydrogen-bond donors (Lipinski definition) is 1. The molecule has 2 amide bonds. The van der Waals surface area contributed by atoms with Crippen molar-refractivity contribution in [2.45, 2.75) is 0 Å². The Morgan fingerprint density at radius 3 is 2.40 bits per heavy atom. The van der Waals surface area contributed by atoms with Gasteiger partial charge >= 0.3 is 6.03 Å². The van der Waals surface area contributed by atoms with Crippen LogP contribution in [0.15, 0.2) is 46.9 Å². The average molecular weight is 410 g/mol. The van der Waals surface area contributed by atoms with Gasteiger partial charge in [0.2, 0.25) is 0 Å². The highest BCUT2D eigenvalue weighted by Gasteiger charge is 2.17. The third-order valence-corrected chi connectivity index (χ3v) is 4.07. The van der Waals surface area contributed by atoms with Gasteiger partial charge in [0.25, 0.3) is 0 Å². The number of benzene rings is 2. The Labute approximate surface area is 155 Å². The molecule has 0 atom stereocenters. The summed E-state index contributed by atoms with van der Waals surface area (Å²) in [7, 11) is 5.44. The van der Waals surface area contributed by atoms with Crippen LogP contribution in [-0.2, 0) is 0 Å². The van der Waals surface area contributed by atoms with E-state index in [2.05, 4.69) is 21.2 Å². The Hall–Kier alpha value is -2.12. The molecule has 0 aliphatic carbocycles. The number of carbonyl (C=O) groups is 1. The lowest BCUT2D eigenvalue weighted by molar-refractivity contribution is 0.256. The lowest BCUT2D eigenvalue weighted by Gasteiger charge is -2.25. The molecule has 0 aliphatic rings. The minimum Gasteiger partial charge on any atom is -0.497 e. The number of methoxy groups -OCH3 is 1. The molecule has 0 aliphatic heterocycles. The average Bonchev–Trinajstić information content (AvgIpc) is 2.58. The quantitative estimate of drug-likeness (QED) is 0.777. The van der Waals surface area contributed by atoms with Crippen LogP contribution in [-0.4, -0.2) is 45.2 Å². The summed E-state index contributed by atoms with van der Waals surface area (Å²) in [6.45, 7) is 1.13. The van der Waals surface area contributed by atoms with Gasteiger partial charge in [0.15, 0.2) is 0 Å². The standard InChI is InChI=1S/C18H21BrFN3O2/c1-22(2)10-11-23(14-5-7-15(25-3)8-6-14)18(24)21-17-9-4-13(19)12-16(17)20/h4-9,12H,10-11H2,1-3H3,(H,21,24). The number of carbonyl (C=O) groups excluding carboxylic acids is 1. The molecule has 0 spiro atoms. The first-order valence-electron chi connectivity index (χ1n) is 7.73. The van der Waals surface area contributed by atoms with Gasteiger partial charge < -0.3 is 15.0 Å². The first kappa shape index (κ1) is 19.2. The maximum atomic E-state index is 14.0. The second kappa shape index (κ2) is 8.82. The Balaban J connectivity index is 2.22. The molecule has 0 saturated carbocycles. The molecule has 2 aromatic carbocycles. The zero-order chi connectivity index (χ0) is 18.4. The van der Waals surface area contributed by atoms with Gasteiger partial charge in [0, 0.05) is 23.2 Å². The van der Waals surface area contributed by atoms with Crippen LogP contribution in [0.2, 0.25) is 0 Å². The highest BCUT2D eigenvalue weighted by molar-refractivity contribution is 9.10. The van der Waals surface area contributed by atoms with Crippen LogP contribution >= 0.6 is 15.9 Å². The van der Waals surface area contributed by atoms with Crippen LogP contribution in [0.5, 0.6) is 5.75 Å². The van der Waals surface area contributed by atoms with Gasteiger partial charge in [0.05, 0.1) is 12.8 Å². The minimum absolute atomic E-state index is 0.136. The van der Waals surface area contributed by atoms with Crippen molar-refractivity contribution < 1.29 is 13.9 Å². The summed E-state index contributed by atoms with van der Waals surface area (Å²) in [5.74, 6) is 0.209. The summed E-state index contributed by atoms with van der Waals surface area (Å²) in [5.41, 5.74) is 0.842. The van der Waals surface area contributed by atoms with Crippen molar-refractivity contribution in [3.05, 3.63) is 52.8 Å². The largest absolute Gasteiger partial charge is 0.497 e. The molecule has 0 bridgehead atoms. The van der Waals surface area contributed by atoms with Crippen LogP contribution in [0.3, 0.4) is 0 Å². The van der Waals surface area contributed by atoms with E-state index in [4.69, 9.17) is 4.74 Å². The molecule has 5 nitrogen and oxygen atoms in total. The van der Waals surface area contributed by atoms with E-state index in [0.717, 1.165) is 0 Å². The fraction of sp³-hybridized carbons (Fsp3) is 0.278. The third kappa shape index (κ3) is 5.44. The van der Waals surface area contributed by atoms with E-state index in [1.165, 1.54) is 12.1 Å². The number of anilines is 2. The zero-order valence-electron chi connectivity index (χ0n) is 14.4. The first-order chi connectivity index (χ1) is 11.9. The third-order valence-electron chi connectivity index (χ3n) is 3.57. The van der Waals surface area contributed by atoms with Crippen LogP contribution in [0.1, 0.15) is 0 Å². The topological polar surface area (TPSA) is 44.8 Å². The van der Waals surface area contributed by atoms with E-state index < -0.39 is 11.8 Å². The lowest BCUT2D eigenvalue weighted by atomic mass is 10.2. The van der Waals surface area contributed by atoms with Crippen molar-refractivity contribution in [3.8, 4) is 5.75 Å². The van der Waals surface area contributed by atoms with Crippen molar-refractivity contribution >= 4 is 33.3 Å². The number of likely N-dealkylation sites (N-methyl/N-ethyl adjacent to an activating group) is 1. The predicted molar refractivity (Wildman–Crippen MR) is 102 cm³/mol. The second-order valence-electron chi connectivity index (χ2n) is 5.71. The number of ether oxygens (including phenoxy) is 1. The summed E-state index contributed by atoms with van der Waals surface area (Å²) in [6, 6.07) is 11.3. The van der Waals surface area contributed by atoms with E-state index in [1.54, 1.807) is 42.3 Å². The summed E-state index contributed by atoms with van der Waals surface area (Å²) in [5, 5.41) is 2.63. The van der Waals surface area contributed by atoms with Crippen molar-refractivity contribution in [2.75, 3.05) is 44.5 Å². The molecule has 2 aromatic rings. The van der Waals surface area contributed by atoms with E-state index >= 15 is 0 Å². The Morgan fingerprint density at radius 2 is 1.84 bits per heavy atom. The Bertz CT molecular complexity index is 723. The number of halogens is 2. The number of amides is 2. The maximum absolute atomic E-state index is 14.0. The molecule has 2 rings (SSSR count). The molecule has 7 heteroatoms. The van der Waals surface area contributed by atoms with Crippen molar-refractivity contribution in [1.29, 1.82) is 0 Å². The molecule has 1 N–H and O–H groups in total. The van der Waals surface area contributed by atoms with Crippen LogP contribution < -0.4 is 15.0 Å². The fourth-order valence-corrected chi connectivity index (χ4v) is 2.52. The SMILES string of the molecule is COc1ccc(N(CCN(C)C)C(=O)Nc2ccc(Br)cc2F)cc1. The molecular formula is C18H21BrFN3O2. The smallest absolute Gasteiger partial charge is 0.326 e. The van der Waals surface area contributed by atoms with Crippen LogP contribution in [0, 0.1) is 5.82 Å². The molecule has 0 saturated heterocycles. The summed E-state index contributed by atoms with van der Waals surface area (Å²) < 4.78 is 19.8. The summed E-state index contributed by atoms with van der Waals surface area (Å²) >= 11 is 3.20. The Kier molecular flexibility index (Phi) is 6.78. The zero-order valence-corrected chi connectivity index (χ0v) is 16.0. The van der Waals surface area contributed by atoms with Gasteiger partial charge in [-0.2, -0.15) is 0 Å². The second-order valence-corrected chi connectivity index (χ2v) is 6.62. The van der Waals surface area contributed by atoms with Crippen molar-refractivity contribution in [2.24, 2.45) is 0 Å². The highest BCUT2D eigenvalue weighted by Crippen LogP contribution is 2.23. The number of urea groups is 1. The van der Waals surface area contributed by atoms with Gasteiger partial charge in [0.1, 0.15) is 11.6 Å².